The average molecular weight is 255 g/mol. The van der Waals surface area contributed by atoms with E-state index in [1.54, 1.807) is 12.1 Å². The van der Waals surface area contributed by atoms with Gasteiger partial charge in [0.1, 0.15) is 0 Å². The molecule has 0 unspecified atom stereocenters. The third-order valence-corrected chi connectivity index (χ3v) is 4.19. The molecule has 1 N–H and O–H groups in total. The third kappa shape index (κ3) is 2.45. The van der Waals surface area contributed by atoms with Gasteiger partial charge < -0.3 is 4.90 Å². The van der Waals surface area contributed by atoms with E-state index in [2.05, 4.69) is 11.8 Å². The van der Waals surface area contributed by atoms with Gasteiger partial charge in [-0.25, -0.2) is 0 Å². The van der Waals surface area contributed by atoms with Crippen LogP contribution in [0.4, 0.5) is 5.69 Å². The van der Waals surface area contributed by atoms with E-state index < -0.39 is 10.1 Å². The molecule has 1 aliphatic rings. The second-order valence-corrected chi connectivity index (χ2v) is 6.03. The number of rotatable bonds is 2. The predicted octanol–water partition coefficient (Wildman–Crippen LogP) is 2.23. The normalized spacial score (nSPS) is 20.9. The minimum Gasteiger partial charge on any atom is -0.369 e. The molecule has 1 aromatic carbocycles. The number of anilines is 1. The van der Waals surface area contributed by atoms with E-state index in [0.717, 1.165) is 30.6 Å². The first-order valence-corrected chi connectivity index (χ1v) is 7.18. The van der Waals surface area contributed by atoms with Gasteiger partial charge in [0.25, 0.3) is 10.1 Å². The molecule has 0 bridgehead atoms. The van der Waals surface area contributed by atoms with Crippen LogP contribution in [0.25, 0.3) is 0 Å². The smallest absolute Gasteiger partial charge is 0.294 e. The molecule has 0 saturated carbocycles. The van der Waals surface area contributed by atoms with E-state index in [-0.39, 0.29) is 4.90 Å². The molecule has 1 fully saturated rings. The summed E-state index contributed by atoms with van der Waals surface area (Å²) in [5.41, 5.74) is 1.94. The van der Waals surface area contributed by atoms with Crippen molar-refractivity contribution in [3.63, 3.8) is 0 Å². The lowest BCUT2D eigenvalue weighted by Gasteiger charge is -2.26. The maximum absolute atomic E-state index is 11.1. The highest BCUT2D eigenvalue weighted by atomic mass is 32.2. The highest BCUT2D eigenvalue weighted by Gasteiger charge is 2.23. The summed E-state index contributed by atoms with van der Waals surface area (Å²) in [5, 5.41) is 0. The number of hydrogen-bond acceptors (Lipinski definition) is 3. The first-order chi connectivity index (χ1) is 7.89. The summed E-state index contributed by atoms with van der Waals surface area (Å²) in [6, 6.07) is 5.16. The van der Waals surface area contributed by atoms with Gasteiger partial charge >= 0.3 is 0 Å². The molecule has 0 aromatic heterocycles. The van der Waals surface area contributed by atoms with Crippen LogP contribution in [-0.4, -0.2) is 25.6 Å². The Balaban J connectivity index is 2.46. The van der Waals surface area contributed by atoms with E-state index in [9.17, 15) is 8.42 Å². The van der Waals surface area contributed by atoms with Crippen LogP contribution < -0.4 is 4.90 Å². The maximum atomic E-state index is 11.1. The summed E-state index contributed by atoms with van der Waals surface area (Å²) < 4.78 is 31.3. The van der Waals surface area contributed by atoms with Crippen molar-refractivity contribution >= 4 is 15.8 Å². The molecule has 0 amide bonds. The lowest BCUT2D eigenvalue weighted by molar-refractivity contribution is 0.483. The van der Waals surface area contributed by atoms with Gasteiger partial charge in [-0.3, -0.25) is 4.55 Å². The Bertz CT molecular complexity index is 525. The van der Waals surface area contributed by atoms with E-state index >= 15 is 0 Å². The molecule has 0 spiro atoms. The van der Waals surface area contributed by atoms with Crippen molar-refractivity contribution < 1.29 is 13.0 Å². The van der Waals surface area contributed by atoms with Crippen LogP contribution in [0.1, 0.15) is 25.3 Å². The van der Waals surface area contributed by atoms with Gasteiger partial charge in [-0.1, -0.05) is 6.07 Å². The number of aryl methyl sites for hydroxylation is 1. The third-order valence-electron chi connectivity index (χ3n) is 3.34. The van der Waals surface area contributed by atoms with E-state index in [1.165, 1.54) is 6.07 Å². The standard InChI is InChI=1S/C12H17NO3S/c1-9-5-6-11(17(14,15)16)8-12(9)13-7-3-4-10(13)2/h5-6,8,10H,3-4,7H2,1-2H3,(H,14,15,16)/t10-/m1/s1. The Morgan fingerprint density at radius 1 is 1.41 bits per heavy atom. The largest absolute Gasteiger partial charge is 0.369 e. The fraction of sp³-hybridized carbons (Fsp3) is 0.500. The number of hydrogen-bond donors (Lipinski definition) is 1. The Hall–Kier alpha value is -1.07. The molecule has 0 aliphatic carbocycles. The first kappa shape index (κ1) is 12.4. The van der Waals surface area contributed by atoms with Crippen molar-refractivity contribution in [1.82, 2.24) is 0 Å². The molecule has 1 atom stereocenters. The molecule has 17 heavy (non-hydrogen) atoms. The minimum absolute atomic E-state index is 0.0304. The Kier molecular flexibility index (Phi) is 3.14. The van der Waals surface area contributed by atoms with Crippen LogP contribution >= 0.6 is 0 Å². The molecule has 4 nitrogen and oxygen atoms in total. The zero-order chi connectivity index (χ0) is 12.6. The molecule has 5 heteroatoms. The summed E-state index contributed by atoms with van der Waals surface area (Å²) in [4.78, 5) is 2.17. The SMILES string of the molecule is Cc1ccc(S(=O)(=O)O)cc1N1CCC[C@H]1C. The minimum atomic E-state index is -4.12. The van der Waals surface area contributed by atoms with Crippen molar-refractivity contribution in [2.75, 3.05) is 11.4 Å². The topological polar surface area (TPSA) is 57.6 Å². The Morgan fingerprint density at radius 3 is 2.65 bits per heavy atom. The second kappa shape index (κ2) is 4.31. The molecular formula is C12H17NO3S. The van der Waals surface area contributed by atoms with Crippen LogP contribution in [0.3, 0.4) is 0 Å². The van der Waals surface area contributed by atoms with Crippen molar-refractivity contribution in [2.24, 2.45) is 0 Å². The number of benzene rings is 1. The second-order valence-electron chi connectivity index (χ2n) is 4.61. The van der Waals surface area contributed by atoms with Gasteiger partial charge in [0.2, 0.25) is 0 Å². The molecule has 0 radical (unpaired) electrons. The van der Waals surface area contributed by atoms with Gasteiger partial charge in [-0.2, -0.15) is 8.42 Å². The molecule has 1 heterocycles. The molecule has 1 saturated heterocycles. The monoisotopic (exact) mass is 255 g/mol. The molecule has 1 aromatic rings. The number of nitrogens with zero attached hydrogens (tertiary/aromatic N) is 1. The molecule has 94 valence electrons. The Morgan fingerprint density at radius 2 is 2.12 bits per heavy atom. The van der Waals surface area contributed by atoms with Crippen LogP contribution in [0.15, 0.2) is 23.1 Å². The van der Waals surface area contributed by atoms with Crippen LogP contribution in [0.5, 0.6) is 0 Å². The summed E-state index contributed by atoms with van der Waals surface area (Å²) in [6.45, 7) is 5.03. The predicted molar refractivity (Wildman–Crippen MR) is 67.0 cm³/mol. The Labute approximate surface area is 102 Å². The van der Waals surface area contributed by atoms with Crippen molar-refractivity contribution in [3.8, 4) is 0 Å². The van der Waals surface area contributed by atoms with Crippen molar-refractivity contribution in [3.05, 3.63) is 23.8 Å². The molecular weight excluding hydrogens is 238 g/mol. The van der Waals surface area contributed by atoms with Crippen molar-refractivity contribution in [2.45, 2.75) is 37.6 Å². The van der Waals surface area contributed by atoms with Crippen LogP contribution in [0.2, 0.25) is 0 Å². The fourth-order valence-corrected chi connectivity index (χ4v) is 2.85. The van der Waals surface area contributed by atoms with Crippen molar-refractivity contribution in [1.29, 1.82) is 0 Å². The van der Waals surface area contributed by atoms with Gasteiger partial charge in [-0.05, 0) is 44.4 Å². The van der Waals surface area contributed by atoms with Gasteiger partial charge in [-0.15, -0.1) is 0 Å². The van der Waals surface area contributed by atoms with Gasteiger partial charge in [0.05, 0.1) is 4.90 Å². The molecule has 2 rings (SSSR count). The fourth-order valence-electron chi connectivity index (χ4n) is 2.35. The van der Waals surface area contributed by atoms with E-state index in [4.69, 9.17) is 4.55 Å². The lowest BCUT2D eigenvalue weighted by atomic mass is 10.1. The summed E-state index contributed by atoms with van der Waals surface area (Å²) in [6.07, 6.45) is 2.24. The van der Waals surface area contributed by atoms with Gasteiger partial charge in [0.15, 0.2) is 0 Å². The van der Waals surface area contributed by atoms with Crippen LogP contribution in [-0.2, 0) is 10.1 Å². The zero-order valence-corrected chi connectivity index (χ0v) is 10.9. The lowest BCUT2D eigenvalue weighted by Crippen LogP contribution is -2.27. The van der Waals surface area contributed by atoms with E-state index in [0.29, 0.717) is 6.04 Å². The summed E-state index contributed by atoms with van der Waals surface area (Å²) in [5.74, 6) is 0. The maximum Gasteiger partial charge on any atom is 0.294 e. The highest BCUT2D eigenvalue weighted by Crippen LogP contribution is 2.30. The molecule has 1 aliphatic heterocycles. The first-order valence-electron chi connectivity index (χ1n) is 5.74. The van der Waals surface area contributed by atoms with Gasteiger partial charge in [0, 0.05) is 18.3 Å². The quantitative estimate of drug-likeness (QED) is 0.823. The summed E-state index contributed by atoms with van der Waals surface area (Å²) in [7, 11) is -4.12. The summed E-state index contributed by atoms with van der Waals surface area (Å²) >= 11 is 0. The average Bonchev–Trinajstić information content (AvgIpc) is 2.63. The zero-order valence-electron chi connectivity index (χ0n) is 10.0. The van der Waals surface area contributed by atoms with Crippen LogP contribution in [0, 0.1) is 6.92 Å². The highest BCUT2D eigenvalue weighted by molar-refractivity contribution is 7.85. The van der Waals surface area contributed by atoms with E-state index in [1.807, 2.05) is 6.92 Å².